The van der Waals surface area contributed by atoms with Gasteiger partial charge in [-0.3, -0.25) is 14.7 Å². The Morgan fingerprint density at radius 3 is 2.82 bits per heavy atom. The summed E-state index contributed by atoms with van der Waals surface area (Å²) in [5.74, 6) is -1.24. The van der Waals surface area contributed by atoms with E-state index in [-0.39, 0.29) is 16.1 Å². The summed E-state index contributed by atoms with van der Waals surface area (Å²) in [4.78, 5) is 29.6. The molecule has 5 nitrogen and oxygen atoms in total. The molecule has 0 bridgehead atoms. The van der Waals surface area contributed by atoms with Crippen molar-refractivity contribution in [3.05, 3.63) is 35.0 Å². The first-order chi connectivity index (χ1) is 10.4. The van der Waals surface area contributed by atoms with Crippen molar-refractivity contribution in [2.24, 2.45) is 5.92 Å². The minimum Gasteiger partial charge on any atom is -0.480 e. The topological polar surface area (TPSA) is 70.5 Å². The van der Waals surface area contributed by atoms with E-state index in [1.54, 1.807) is 24.5 Å². The van der Waals surface area contributed by atoms with Crippen LogP contribution in [0.15, 0.2) is 29.4 Å². The van der Waals surface area contributed by atoms with Gasteiger partial charge in [0.15, 0.2) is 0 Å². The van der Waals surface area contributed by atoms with Gasteiger partial charge in [-0.05, 0) is 30.0 Å². The first-order valence-electron chi connectivity index (χ1n) is 6.80. The molecule has 2 rings (SSSR count). The fraction of sp³-hybridized carbons (Fsp3) is 0.333. The van der Waals surface area contributed by atoms with Crippen LogP contribution in [0.1, 0.15) is 25.8 Å². The molecule has 0 unspecified atom stereocenters. The van der Waals surface area contributed by atoms with Gasteiger partial charge in [-0.2, -0.15) is 0 Å². The van der Waals surface area contributed by atoms with E-state index in [9.17, 15) is 14.7 Å². The van der Waals surface area contributed by atoms with E-state index in [2.05, 4.69) is 4.98 Å². The average Bonchev–Trinajstić information content (AvgIpc) is 2.72. The average molecular weight is 336 g/mol. The molecule has 1 aromatic rings. The molecule has 0 radical (unpaired) electrons. The molecule has 0 spiro atoms. The van der Waals surface area contributed by atoms with Crippen LogP contribution in [-0.2, 0) is 9.59 Å². The van der Waals surface area contributed by atoms with Crippen LogP contribution in [0.5, 0.6) is 0 Å². The summed E-state index contributed by atoms with van der Waals surface area (Å²) in [6, 6.07) is 2.67. The monoisotopic (exact) mass is 336 g/mol. The van der Waals surface area contributed by atoms with Crippen LogP contribution in [0, 0.1) is 5.92 Å². The van der Waals surface area contributed by atoms with Crippen LogP contribution in [0.3, 0.4) is 0 Å². The second kappa shape index (κ2) is 7.02. The molecular formula is C15H16N2O3S2. The van der Waals surface area contributed by atoms with Crippen molar-refractivity contribution in [1.82, 2.24) is 9.88 Å². The van der Waals surface area contributed by atoms with Gasteiger partial charge in [0.2, 0.25) is 0 Å². The highest BCUT2D eigenvalue weighted by Gasteiger charge is 2.40. The van der Waals surface area contributed by atoms with E-state index in [1.165, 1.54) is 4.90 Å². The summed E-state index contributed by atoms with van der Waals surface area (Å²) in [5.41, 5.74) is 0.777. The van der Waals surface area contributed by atoms with Gasteiger partial charge in [0.05, 0.1) is 4.91 Å². The van der Waals surface area contributed by atoms with Crippen molar-refractivity contribution in [2.75, 3.05) is 0 Å². The fourth-order valence-electron chi connectivity index (χ4n) is 2.12. The third-order valence-corrected chi connectivity index (χ3v) is 4.43. The highest BCUT2D eigenvalue weighted by molar-refractivity contribution is 8.26. The van der Waals surface area contributed by atoms with Crippen LogP contribution in [0.4, 0.5) is 0 Å². The number of amides is 1. The van der Waals surface area contributed by atoms with Crippen LogP contribution in [-0.4, -0.2) is 37.2 Å². The lowest BCUT2D eigenvalue weighted by atomic mass is 10.0. The van der Waals surface area contributed by atoms with E-state index in [1.807, 2.05) is 19.9 Å². The Morgan fingerprint density at radius 1 is 1.55 bits per heavy atom. The number of rotatable bonds is 5. The maximum absolute atomic E-state index is 12.5. The Balaban J connectivity index is 2.28. The largest absolute Gasteiger partial charge is 0.480 e. The smallest absolute Gasteiger partial charge is 0.326 e. The van der Waals surface area contributed by atoms with Crippen LogP contribution in [0.25, 0.3) is 6.08 Å². The number of aromatic nitrogens is 1. The third-order valence-electron chi connectivity index (χ3n) is 3.10. The number of thioether (sulfide) groups is 1. The Hall–Kier alpha value is -1.73. The molecule has 1 N–H and O–H groups in total. The lowest BCUT2D eigenvalue weighted by molar-refractivity contribution is -0.145. The summed E-state index contributed by atoms with van der Waals surface area (Å²) in [7, 11) is 0. The highest BCUT2D eigenvalue weighted by atomic mass is 32.2. The van der Waals surface area contributed by atoms with Crippen molar-refractivity contribution in [2.45, 2.75) is 26.3 Å². The molecule has 7 heteroatoms. The summed E-state index contributed by atoms with van der Waals surface area (Å²) in [6.07, 6.45) is 5.32. The molecule has 2 heterocycles. The quantitative estimate of drug-likeness (QED) is 0.658. The molecule has 1 aromatic heterocycles. The highest BCUT2D eigenvalue weighted by Crippen LogP contribution is 2.35. The van der Waals surface area contributed by atoms with E-state index in [0.717, 1.165) is 17.3 Å². The van der Waals surface area contributed by atoms with Crippen molar-refractivity contribution in [3.63, 3.8) is 0 Å². The van der Waals surface area contributed by atoms with Gasteiger partial charge in [-0.25, -0.2) is 4.79 Å². The second-order valence-electron chi connectivity index (χ2n) is 5.32. The van der Waals surface area contributed by atoms with E-state index >= 15 is 0 Å². The van der Waals surface area contributed by atoms with Gasteiger partial charge in [-0.1, -0.05) is 43.9 Å². The molecule has 22 heavy (non-hydrogen) atoms. The molecule has 116 valence electrons. The number of carboxylic acids is 1. The second-order valence-corrected chi connectivity index (χ2v) is 7.00. The summed E-state index contributed by atoms with van der Waals surface area (Å²) in [5, 5.41) is 9.40. The zero-order valence-corrected chi connectivity index (χ0v) is 13.9. The molecule has 0 aliphatic carbocycles. The molecule has 1 fully saturated rings. The molecular weight excluding hydrogens is 320 g/mol. The molecule has 0 aromatic carbocycles. The summed E-state index contributed by atoms with van der Waals surface area (Å²) >= 11 is 6.33. The first kappa shape index (κ1) is 16.6. The van der Waals surface area contributed by atoms with Gasteiger partial charge in [0.1, 0.15) is 10.4 Å². The number of nitrogens with zero attached hydrogens (tertiary/aromatic N) is 2. The number of hydrogen-bond acceptors (Lipinski definition) is 5. The van der Waals surface area contributed by atoms with E-state index in [4.69, 9.17) is 12.2 Å². The lowest BCUT2D eigenvalue weighted by Crippen LogP contribution is -2.44. The number of hydrogen-bond donors (Lipinski definition) is 1. The minimum atomic E-state index is -1.03. The van der Waals surface area contributed by atoms with Gasteiger partial charge >= 0.3 is 5.97 Å². The Morgan fingerprint density at radius 2 is 2.27 bits per heavy atom. The van der Waals surface area contributed by atoms with Crippen LogP contribution >= 0.6 is 24.0 Å². The number of thiocarbonyl (C=S) groups is 1. The Bertz CT molecular complexity index is 629. The molecule has 1 saturated heterocycles. The third kappa shape index (κ3) is 3.72. The molecule has 1 atom stereocenters. The Labute approximate surface area is 138 Å². The van der Waals surface area contributed by atoms with Crippen molar-refractivity contribution in [3.8, 4) is 0 Å². The van der Waals surface area contributed by atoms with Gasteiger partial charge in [0, 0.05) is 12.4 Å². The van der Waals surface area contributed by atoms with Gasteiger partial charge < -0.3 is 5.11 Å². The Kier molecular flexibility index (Phi) is 5.31. The molecule has 1 amide bonds. The maximum Gasteiger partial charge on any atom is 0.326 e. The van der Waals surface area contributed by atoms with Crippen molar-refractivity contribution >= 4 is 46.3 Å². The number of pyridine rings is 1. The SMILES string of the molecule is CC(C)C[C@H](C(=O)O)N1C(=O)/C(=C\c2cccnc2)SC1=S. The minimum absolute atomic E-state index is 0.146. The maximum atomic E-state index is 12.5. The molecule has 0 saturated carbocycles. The first-order valence-corrected chi connectivity index (χ1v) is 8.02. The van der Waals surface area contributed by atoms with Crippen LogP contribution in [0.2, 0.25) is 0 Å². The summed E-state index contributed by atoms with van der Waals surface area (Å²) in [6.45, 7) is 3.83. The lowest BCUT2D eigenvalue weighted by Gasteiger charge is -2.24. The van der Waals surface area contributed by atoms with Crippen molar-refractivity contribution in [1.29, 1.82) is 0 Å². The van der Waals surface area contributed by atoms with Gasteiger partial charge in [0.25, 0.3) is 5.91 Å². The van der Waals surface area contributed by atoms with E-state index in [0.29, 0.717) is 11.3 Å². The normalized spacial score (nSPS) is 18.3. The molecule has 1 aliphatic rings. The van der Waals surface area contributed by atoms with Crippen LogP contribution < -0.4 is 0 Å². The van der Waals surface area contributed by atoms with Crippen molar-refractivity contribution < 1.29 is 14.7 Å². The number of carbonyl (C=O) groups excluding carboxylic acids is 1. The van der Waals surface area contributed by atoms with Gasteiger partial charge in [-0.15, -0.1) is 0 Å². The zero-order chi connectivity index (χ0) is 16.3. The number of carboxylic acid groups (broad SMARTS) is 1. The summed E-state index contributed by atoms with van der Waals surface area (Å²) < 4.78 is 0.285. The molecule has 1 aliphatic heterocycles. The number of aliphatic carboxylic acids is 1. The fourth-order valence-corrected chi connectivity index (χ4v) is 3.48. The zero-order valence-electron chi connectivity index (χ0n) is 12.2. The predicted molar refractivity (Wildman–Crippen MR) is 90.1 cm³/mol. The number of carbonyl (C=O) groups is 2. The standard InChI is InChI=1S/C15H16N2O3S2/c1-9(2)6-11(14(19)20)17-13(18)12(22-15(17)21)7-10-4-3-5-16-8-10/h3-5,7-9,11H,6H2,1-2H3,(H,19,20)/b12-7+/t11-/m1/s1. The predicted octanol–water partition coefficient (Wildman–Crippen LogP) is 2.78. The van der Waals surface area contributed by atoms with E-state index < -0.39 is 12.0 Å².